The lowest BCUT2D eigenvalue weighted by Gasteiger charge is -2.24. The van der Waals surface area contributed by atoms with Gasteiger partial charge in [-0.3, -0.25) is 0 Å². The van der Waals surface area contributed by atoms with Gasteiger partial charge in [-0.05, 0) is 45.2 Å². The van der Waals surface area contributed by atoms with Crippen LogP contribution >= 0.6 is 0 Å². The van der Waals surface area contributed by atoms with Crippen molar-refractivity contribution in [3.8, 4) is 0 Å². The van der Waals surface area contributed by atoms with Gasteiger partial charge in [-0.2, -0.15) is 0 Å². The molecule has 3 unspecified atom stereocenters. The summed E-state index contributed by atoms with van der Waals surface area (Å²) in [6.45, 7) is 3.48. The van der Waals surface area contributed by atoms with E-state index in [-0.39, 0.29) is 0 Å². The Morgan fingerprint density at radius 1 is 1.67 bits per heavy atom. The van der Waals surface area contributed by atoms with Crippen LogP contribution in [0.1, 0.15) is 26.2 Å². The van der Waals surface area contributed by atoms with Gasteiger partial charge in [-0.15, -0.1) is 0 Å². The highest BCUT2D eigenvalue weighted by atomic mass is 19.1. The number of halogens is 1. The number of rotatable bonds is 3. The molecule has 0 aromatic heterocycles. The Balaban J connectivity index is 2.20. The molecule has 1 saturated heterocycles. The third-order valence-electron chi connectivity index (χ3n) is 2.48. The normalized spacial score (nSPS) is 29.8. The van der Waals surface area contributed by atoms with Gasteiger partial charge in [-0.1, -0.05) is 0 Å². The lowest BCUT2D eigenvalue weighted by atomic mass is 9.93. The molecule has 2 N–H and O–H groups in total. The molecule has 0 bridgehead atoms. The van der Waals surface area contributed by atoms with Crippen molar-refractivity contribution in [3.63, 3.8) is 0 Å². The first-order valence-electron chi connectivity index (χ1n) is 4.73. The lowest BCUT2D eigenvalue weighted by Crippen LogP contribution is -2.33. The Morgan fingerprint density at radius 2 is 2.42 bits per heavy atom. The minimum absolute atomic E-state index is 0.420. The molecule has 0 saturated carbocycles. The first kappa shape index (κ1) is 9.93. The molecule has 0 aliphatic carbocycles. The van der Waals surface area contributed by atoms with Crippen molar-refractivity contribution in [2.24, 2.45) is 5.92 Å². The summed E-state index contributed by atoms with van der Waals surface area (Å²) in [4.78, 5) is 0. The summed E-state index contributed by atoms with van der Waals surface area (Å²) in [7, 11) is 0. The molecule has 1 heterocycles. The minimum Gasteiger partial charge on any atom is -0.390 e. The fraction of sp³-hybridized carbons (Fsp3) is 1.00. The van der Waals surface area contributed by atoms with Crippen LogP contribution in [-0.2, 0) is 0 Å². The molecular weight excluding hydrogens is 157 g/mol. The van der Waals surface area contributed by atoms with Crippen molar-refractivity contribution in [3.05, 3.63) is 0 Å². The van der Waals surface area contributed by atoms with Crippen LogP contribution < -0.4 is 5.32 Å². The second-order valence-corrected chi connectivity index (χ2v) is 3.70. The molecule has 2 nitrogen and oxygen atoms in total. The van der Waals surface area contributed by atoms with Gasteiger partial charge in [0.1, 0.15) is 6.17 Å². The first-order chi connectivity index (χ1) is 5.70. The number of aliphatic hydroxyl groups excluding tert-OH is 1. The summed E-state index contributed by atoms with van der Waals surface area (Å²) in [6, 6.07) is 0. The van der Waals surface area contributed by atoms with Crippen LogP contribution in [0.2, 0.25) is 0 Å². The van der Waals surface area contributed by atoms with Crippen LogP contribution in [0.3, 0.4) is 0 Å². The molecule has 0 radical (unpaired) electrons. The molecule has 3 atom stereocenters. The number of aliphatic hydroxyl groups is 1. The quantitative estimate of drug-likeness (QED) is 0.673. The molecule has 0 amide bonds. The summed E-state index contributed by atoms with van der Waals surface area (Å²) in [5, 5.41) is 12.2. The van der Waals surface area contributed by atoms with Crippen LogP contribution in [0.4, 0.5) is 4.39 Å². The van der Waals surface area contributed by atoms with E-state index < -0.39 is 12.3 Å². The fourth-order valence-electron chi connectivity index (χ4n) is 1.64. The van der Waals surface area contributed by atoms with Gasteiger partial charge in [0.05, 0.1) is 6.10 Å². The predicted octanol–water partition coefficient (Wildman–Crippen LogP) is 1.09. The zero-order valence-corrected chi connectivity index (χ0v) is 7.59. The highest BCUT2D eigenvalue weighted by molar-refractivity contribution is 4.74. The van der Waals surface area contributed by atoms with E-state index in [4.69, 9.17) is 5.11 Å². The van der Waals surface area contributed by atoms with E-state index in [2.05, 4.69) is 5.32 Å². The summed E-state index contributed by atoms with van der Waals surface area (Å²) >= 11 is 0. The molecule has 0 aromatic carbocycles. The molecule has 0 spiro atoms. The van der Waals surface area contributed by atoms with Gasteiger partial charge in [-0.25, -0.2) is 4.39 Å². The van der Waals surface area contributed by atoms with Gasteiger partial charge in [0, 0.05) is 0 Å². The average molecular weight is 175 g/mol. The highest BCUT2D eigenvalue weighted by Gasteiger charge is 2.21. The Morgan fingerprint density at radius 3 is 2.92 bits per heavy atom. The van der Waals surface area contributed by atoms with Gasteiger partial charge in [0.15, 0.2) is 0 Å². The van der Waals surface area contributed by atoms with E-state index in [0.29, 0.717) is 12.3 Å². The maximum Gasteiger partial charge on any atom is 0.126 e. The predicted molar refractivity (Wildman–Crippen MR) is 46.8 cm³/mol. The van der Waals surface area contributed by atoms with Gasteiger partial charge < -0.3 is 10.4 Å². The standard InChI is InChI=1S/C9H18FNO/c1-7(12)9(10)5-8-3-2-4-11-6-8/h7-9,11-12H,2-6H2,1H3. The van der Waals surface area contributed by atoms with E-state index in [0.717, 1.165) is 25.9 Å². The zero-order valence-electron chi connectivity index (χ0n) is 7.59. The van der Waals surface area contributed by atoms with E-state index >= 15 is 0 Å². The van der Waals surface area contributed by atoms with Crippen molar-refractivity contribution < 1.29 is 9.50 Å². The largest absolute Gasteiger partial charge is 0.390 e. The number of hydrogen-bond acceptors (Lipinski definition) is 2. The van der Waals surface area contributed by atoms with E-state index in [9.17, 15) is 4.39 Å². The average Bonchev–Trinajstić information content (AvgIpc) is 2.06. The molecule has 3 heteroatoms. The maximum atomic E-state index is 13.0. The molecule has 1 aliphatic heterocycles. The molecule has 1 fully saturated rings. The van der Waals surface area contributed by atoms with Crippen LogP contribution in [0, 0.1) is 5.92 Å². The van der Waals surface area contributed by atoms with Crippen LogP contribution in [0.25, 0.3) is 0 Å². The third kappa shape index (κ3) is 3.07. The zero-order chi connectivity index (χ0) is 8.97. The lowest BCUT2D eigenvalue weighted by molar-refractivity contribution is 0.0732. The fourth-order valence-corrected chi connectivity index (χ4v) is 1.64. The number of piperidine rings is 1. The highest BCUT2D eigenvalue weighted by Crippen LogP contribution is 2.19. The van der Waals surface area contributed by atoms with Crippen molar-refractivity contribution in [2.75, 3.05) is 13.1 Å². The summed E-state index contributed by atoms with van der Waals surface area (Å²) < 4.78 is 13.0. The molecular formula is C9H18FNO. The second-order valence-electron chi connectivity index (χ2n) is 3.70. The number of alkyl halides is 1. The van der Waals surface area contributed by atoms with E-state index in [1.165, 1.54) is 6.92 Å². The van der Waals surface area contributed by atoms with Gasteiger partial charge in [0.25, 0.3) is 0 Å². The Labute approximate surface area is 73.2 Å². The summed E-state index contributed by atoms with van der Waals surface area (Å²) in [6.07, 6.45) is 0.879. The maximum absolute atomic E-state index is 13.0. The minimum atomic E-state index is -1.05. The topological polar surface area (TPSA) is 32.3 Å². The summed E-state index contributed by atoms with van der Waals surface area (Å²) in [5.41, 5.74) is 0. The molecule has 72 valence electrons. The van der Waals surface area contributed by atoms with Crippen molar-refractivity contribution >= 4 is 0 Å². The molecule has 12 heavy (non-hydrogen) atoms. The van der Waals surface area contributed by atoms with Gasteiger partial charge in [0.2, 0.25) is 0 Å². The molecule has 0 aromatic rings. The molecule has 1 aliphatic rings. The Bertz CT molecular complexity index is 124. The smallest absolute Gasteiger partial charge is 0.126 e. The number of nitrogens with one attached hydrogen (secondary N) is 1. The Hall–Kier alpha value is -0.150. The molecule has 1 rings (SSSR count). The van der Waals surface area contributed by atoms with Crippen molar-refractivity contribution in [1.29, 1.82) is 0 Å². The van der Waals surface area contributed by atoms with Crippen LogP contribution in [-0.4, -0.2) is 30.5 Å². The number of hydrogen-bond donors (Lipinski definition) is 2. The van der Waals surface area contributed by atoms with Crippen molar-refractivity contribution in [2.45, 2.75) is 38.5 Å². The first-order valence-corrected chi connectivity index (χ1v) is 4.73. The SMILES string of the molecule is CC(O)C(F)CC1CCCNC1. The van der Waals surface area contributed by atoms with E-state index in [1.807, 2.05) is 0 Å². The van der Waals surface area contributed by atoms with Gasteiger partial charge >= 0.3 is 0 Å². The Kier molecular flexibility index (Phi) is 3.95. The van der Waals surface area contributed by atoms with Crippen LogP contribution in [0.15, 0.2) is 0 Å². The third-order valence-corrected chi connectivity index (χ3v) is 2.48. The van der Waals surface area contributed by atoms with Crippen molar-refractivity contribution in [1.82, 2.24) is 5.32 Å². The monoisotopic (exact) mass is 175 g/mol. The summed E-state index contributed by atoms with van der Waals surface area (Å²) in [5.74, 6) is 0.420. The van der Waals surface area contributed by atoms with E-state index in [1.54, 1.807) is 0 Å². The second kappa shape index (κ2) is 4.77. The van der Waals surface area contributed by atoms with Crippen LogP contribution in [0.5, 0.6) is 0 Å².